The average Bonchev–Trinajstić information content (AvgIpc) is 4.01. The molecule has 0 atom stereocenters. The molecule has 0 amide bonds. The number of hydrogen-bond acceptors (Lipinski definition) is 8. The van der Waals surface area contributed by atoms with Crippen LogP contribution < -0.4 is 9.47 Å². The second kappa shape index (κ2) is 30.6. The van der Waals surface area contributed by atoms with E-state index in [9.17, 15) is 0 Å². The lowest BCUT2D eigenvalue weighted by molar-refractivity contribution is 0.297. The SMILES string of the molecule is CCCCCCCCCCCCCCCCOc1cc(-c2nnc(-c3ccc(C)cc3)o2)c(OCCCCCCCCCCCCCCCC)cc1-c1nnc(-c2ccc(C)cc2)o1. The minimum absolute atomic E-state index is 0.380. The van der Waals surface area contributed by atoms with E-state index in [1.165, 1.54) is 165 Å². The zero-order chi connectivity index (χ0) is 44.9. The van der Waals surface area contributed by atoms with E-state index < -0.39 is 0 Å². The fourth-order valence-electron chi connectivity index (χ4n) is 8.38. The van der Waals surface area contributed by atoms with Crippen molar-refractivity contribution in [1.82, 2.24) is 20.4 Å². The predicted molar refractivity (Wildman–Crippen MR) is 265 cm³/mol. The molecule has 5 aromatic rings. The monoisotopic (exact) mass is 875 g/mol. The fraction of sp³-hybridized carbons (Fsp3) is 0.607. The van der Waals surface area contributed by atoms with Crippen molar-refractivity contribution in [3.05, 3.63) is 71.8 Å². The molecule has 5 rings (SSSR count). The van der Waals surface area contributed by atoms with Crippen LogP contribution in [-0.2, 0) is 0 Å². The van der Waals surface area contributed by atoms with E-state index in [0.29, 0.717) is 59.4 Å². The minimum Gasteiger partial charge on any atom is -0.493 e. The van der Waals surface area contributed by atoms with Gasteiger partial charge in [0, 0.05) is 11.1 Å². The van der Waals surface area contributed by atoms with Gasteiger partial charge in [0.15, 0.2) is 0 Å². The van der Waals surface area contributed by atoms with Crippen molar-refractivity contribution in [2.24, 2.45) is 0 Å². The van der Waals surface area contributed by atoms with Crippen LogP contribution in [0.25, 0.3) is 45.8 Å². The maximum Gasteiger partial charge on any atom is 0.252 e. The van der Waals surface area contributed by atoms with Gasteiger partial charge in [-0.1, -0.05) is 216 Å². The number of benzene rings is 3. The first-order valence-electron chi connectivity index (χ1n) is 25.8. The van der Waals surface area contributed by atoms with Crippen molar-refractivity contribution in [3.63, 3.8) is 0 Å². The molecule has 0 fully saturated rings. The second-order valence-electron chi connectivity index (χ2n) is 18.3. The highest BCUT2D eigenvalue weighted by Crippen LogP contribution is 2.42. The number of hydrogen-bond donors (Lipinski definition) is 0. The second-order valence-corrected chi connectivity index (χ2v) is 18.3. The summed E-state index contributed by atoms with van der Waals surface area (Å²) >= 11 is 0. The van der Waals surface area contributed by atoms with Gasteiger partial charge < -0.3 is 18.3 Å². The van der Waals surface area contributed by atoms with Crippen LogP contribution in [0, 0.1) is 13.8 Å². The van der Waals surface area contributed by atoms with Crippen molar-refractivity contribution < 1.29 is 18.3 Å². The van der Waals surface area contributed by atoms with Crippen molar-refractivity contribution in [2.75, 3.05) is 13.2 Å². The summed E-state index contributed by atoms with van der Waals surface area (Å²) in [7, 11) is 0. The third-order valence-electron chi connectivity index (χ3n) is 12.5. The third-order valence-corrected chi connectivity index (χ3v) is 12.5. The first-order valence-corrected chi connectivity index (χ1v) is 25.8. The molecule has 0 aliphatic rings. The van der Waals surface area contributed by atoms with Gasteiger partial charge in [-0.3, -0.25) is 0 Å². The first-order chi connectivity index (χ1) is 31.6. The van der Waals surface area contributed by atoms with Gasteiger partial charge >= 0.3 is 0 Å². The molecule has 0 spiro atoms. The van der Waals surface area contributed by atoms with Gasteiger partial charge in [0.1, 0.15) is 11.5 Å². The number of ether oxygens (including phenoxy) is 2. The van der Waals surface area contributed by atoms with Crippen LogP contribution in [0.2, 0.25) is 0 Å². The standard InChI is InChI=1S/C56H82N4O4/c1-5-7-9-11-13-15-17-19-21-23-25-27-29-31-41-61-51-43-50(56-60-58-54(64-56)48-39-35-46(4)36-40-48)52(44-49(51)55-59-57-53(63-55)47-37-33-45(3)34-38-47)62-42-32-30-28-26-24-22-20-18-16-14-12-10-8-6-2/h33-40,43-44H,5-32,41-42H2,1-4H3. The first kappa shape index (κ1) is 50.5. The minimum atomic E-state index is 0.380. The Balaban J connectivity index is 1.22. The molecule has 64 heavy (non-hydrogen) atoms. The molecule has 0 aliphatic heterocycles. The van der Waals surface area contributed by atoms with E-state index >= 15 is 0 Å². The number of nitrogens with zero attached hydrogens (tertiary/aromatic N) is 4. The molecule has 0 saturated carbocycles. The molecule has 0 unspecified atom stereocenters. The largest absolute Gasteiger partial charge is 0.493 e. The normalized spacial score (nSPS) is 11.4. The highest BCUT2D eigenvalue weighted by Gasteiger charge is 2.23. The lowest BCUT2D eigenvalue weighted by atomic mass is 10.0. The van der Waals surface area contributed by atoms with Crippen LogP contribution in [0.4, 0.5) is 0 Å². The van der Waals surface area contributed by atoms with Gasteiger partial charge in [0.2, 0.25) is 11.8 Å². The number of aryl methyl sites for hydroxylation is 2. The summed E-state index contributed by atoms with van der Waals surface area (Å²) in [5, 5.41) is 18.0. The van der Waals surface area contributed by atoms with Crippen LogP contribution in [0.15, 0.2) is 69.5 Å². The third kappa shape index (κ3) is 18.6. The molecule has 0 saturated heterocycles. The van der Waals surface area contributed by atoms with Gasteiger partial charge in [-0.15, -0.1) is 20.4 Å². The van der Waals surface area contributed by atoms with Crippen LogP contribution >= 0.6 is 0 Å². The molecule has 0 radical (unpaired) electrons. The zero-order valence-corrected chi connectivity index (χ0v) is 40.4. The van der Waals surface area contributed by atoms with Crippen LogP contribution in [0.5, 0.6) is 11.5 Å². The van der Waals surface area contributed by atoms with E-state index in [1.54, 1.807) is 0 Å². The quantitative estimate of drug-likeness (QED) is 0.0367. The van der Waals surface area contributed by atoms with Crippen LogP contribution in [0.1, 0.15) is 205 Å². The summed E-state index contributed by atoms with van der Waals surface area (Å²) in [6.45, 7) is 9.85. The van der Waals surface area contributed by atoms with E-state index in [2.05, 4.69) is 72.4 Å². The Kier molecular flexibility index (Phi) is 24.2. The zero-order valence-electron chi connectivity index (χ0n) is 40.4. The molecular formula is C56H82N4O4. The van der Waals surface area contributed by atoms with E-state index in [4.69, 9.17) is 18.3 Å². The molecule has 0 aliphatic carbocycles. The number of aromatic nitrogens is 4. The number of unbranched alkanes of at least 4 members (excludes halogenated alkanes) is 26. The highest BCUT2D eigenvalue weighted by molar-refractivity contribution is 5.76. The smallest absolute Gasteiger partial charge is 0.252 e. The summed E-state index contributed by atoms with van der Waals surface area (Å²) in [5.74, 6) is 2.93. The van der Waals surface area contributed by atoms with Crippen molar-refractivity contribution >= 4 is 0 Å². The summed E-state index contributed by atoms with van der Waals surface area (Å²) < 4.78 is 25.9. The Hall–Kier alpha value is -4.46. The molecular weight excluding hydrogens is 793 g/mol. The lowest BCUT2D eigenvalue weighted by Crippen LogP contribution is -2.03. The van der Waals surface area contributed by atoms with E-state index in [1.807, 2.05) is 36.4 Å². The van der Waals surface area contributed by atoms with Gasteiger partial charge in [-0.05, 0) is 63.1 Å². The molecule has 8 nitrogen and oxygen atoms in total. The Bertz CT molecular complexity index is 1810. The van der Waals surface area contributed by atoms with Gasteiger partial charge in [-0.25, -0.2) is 0 Å². The van der Waals surface area contributed by atoms with Crippen molar-refractivity contribution in [2.45, 2.75) is 207 Å². The van der Waals surface area contributed by atoms with Gasteiger partial charge in [-0.2, -0.15) is 0 Å². The molecule has 0 bridgehead atoms. The molecule has 350 valence electrons. The summed E-state index contributed by atoms with van der Waals surface area (Å²) in [6.07, 6.45) is 36.7. The van der Waals surface area contributed by atoms with E-state index in [-0.39, 0.29) is 0 Å². The molecule has 2 aromatic heterocycles. The van der Waals surface area contributed by atoms with Crippen molar-refractivity contribution in [3.8, 4) is 57.3 Å². The maximum atomic E-state index is 6.61. The molecule has 2 heterocycles. The van der Waals surface area contributed by atoms with Gasteiger partial charge in [0.05, 0.1) is 24.3 Å². The van der Waals surface area contributed by atoms with E-state index in [0.717, 1.165) is 36.8 Å². The number of rotatable bonds is 36. The highest BCUT2D eigenvalue weighted by atomic mass is 16.5. The lowest BCUT2D eigenvalue weighted by Gasteiger charge is -2.15. The Morgan fingerprint density at radius 2 is 0.609 bits per heavy atom. The fourth-order valence-corrected chi connectivity index (χ4v) is 8.38. The molecule has 0 N–H and O–H groups in total. The van der Waals surface area contributed by atoms with Gasteiger partial charge in [0.25, 0.3) is 11.8 Å². The molecule has 3 aromatic carbocycles. The molecule has 8 heteroatoms. The van der Waals surface area contributed by atoms with Crippen LogP contribution in [-0.4, -0.2) is 33.6 Å². The maximum absolute atomic E-state index is 6.61. The average molecular weight is 875 g/mol. The Morgan fingerprint density at radius 3 is 0.906 bits per heavy atom. The summed E-state index contributed by atoms with van der Waals surface area (Å²) in [4.78, 5) is 0. The van der Waals surface area contributed by atoms with Crippen molar-refractivity contribution in [1.29, 1.82) is 0 Å². The Morgan fingerprint density at radius 1 is 0.344 bits per heavy atom. The summed E-state index contributed by atoms with van der Waals surface area (Å²) in [6, 6.07) is 20.2. The topological polar surface area (TPSA) is 96.3 Å². The summed E-state index contributed by atoms with van der Waals surface area (Å²) in [5.41, 5.74) is 5.46. The Labute approximate surface area is 387 Å². The van der Waals surface area contributed by atoms with Crippen LogP contribution in [0.3, 0.4) is 0 Å². The predicted octanol–water partition coefficient (Wildman–Crippen LogP) is 17.5.